The number of aromatic amines is 1. The third kappa shape index (κ3) is 4.02. The minimum absolute atomic E-state index is 0.0871. The van der Waals surface area contributed by atoms with Crippen LogP contribution in [0, 0.1) is 18.6 Å². The number of aryl methyl sites for hydroxylation is 2. The highest BCUT2D eigenvalue weighted by atomic mass is 32.2. The van der Waals surface area contributed by atoms with Crippen molar-refractivity contribution in [1.82, 2.24) is 34.8 Å². The Balaban J connectivity index is 1.36. The standard InChI is InChI=1S/C18H21N7OS2/c1-11-3-4-14(7-12(11)2)24-10-20-23-18(24)28-9-16(26)19-8-15-21-22-17(27)25(15)13-5-6-13/h3-4,7,10,13H,5-6,8-9H2,1-2H3,(H,19,26)(H,22,27). The molecule has 28 heavy (non-hydrogen) atoms. The maximum absolute atomic E-state index is 12.3. The van der Waals surface area contributed by atoms with E-state index in [9.17, 15) is 4.79 Å². The summed E-state index contributed by atoms with van der Waals surface area (Å²) in [6.45, 7) is 4.50. The Bertz CT molecular complexity index is 1060. The summed E-state index contributed by atoms with van der Waals surface area (Å²) >= 11 is 6.61. The molecule has 2 heterocycles. The first-order valence-corrected chi connectivity index (χ1v) is 10.4. The number of hydrogen-bond acceptors (Lipinski definition) is 6. The Morgan fingerprint density at radius 2 is 2.18 bits per heavy atom. The first kappa shape index (κ1) is 18.9. The average molecular weight is 416 g/mol. The van der Waals surface area contributed by atoms with Crippen LogP contribution in [0.15, 0.2) is 29.7 Å². The number of thioether (sulfide) groups is 1. The van der Waals surface area contributed by atoms with Gasteiger partial charge in [0.05, 0.1) is 12.3 Å². The van der Waals surface area contributed by atoms with Crippen molar-refractivity contribution < 1.29 is 4.79 Å². The Morgan fingerprint density at radius 1 is 1.36 bits per heavy atom. The highest BCUT2D eigenvalue weighted by Crippen LogP contribution is 2.35. The number of rotatable bonds is 7. The molecule has 8 nitrogen and oxygen atoms in total. The van der Waals surface area contributed by atoms with E-state index in [0.717, 1.165) is 24.4 Å². The van der Waals surface area contributed by atoms with Crippen LogP contribution in [0.1, 0.15) is 35.8 Å². The molecule has 10 heteroatoms. The monoisotopic (exact) mass is 415 g/mol. The fourth-order valence-corrected chi connectivity index (χ4v) is 3.96. The molecule has 0 spiro atoms. The van der Waals surface area contributed by atoms with Gasteiger partial charge in [-0.2, -0.15) is 5.10 Å². The van der Waals surface area contributed by atoms with E-state index in [-0.39, 0.29) is 11.7 Å². The number of carbonyl (C=O) groups is 1. The lowest BCUT2D eigenvalue weighted by atomic mass is 10.1. The highest BCUT2D eigenvalue weighted by molar-refractivity contribution is 7.99. The molecule has 1 aliphatic carbocycles. The van der Waals surface area contributed by atoms with Crippen molar-refractivity contribution in [1.29, 1.82) is 0 Å². The Labute approximate surface area is 171 Å². The largest absolute Gasteiger partial charge is 0.348 e. The number of nitrogens with zero attached hydrogens (tertiary/aromatic N) is 5. The van der Waals surface area contributed by atoms with Crippen LogP contribution in [-0.4, -0.2) is 41.2 Å². The lowest BCUT2D eigenvalue weighted by molar-refractivity contribution is -0.118. The molecule has 0 bridgehead atoms. The predicted molar refractivity (Wildman–Crippen MR) is 109 cm³/mol. The molecule has 146 valence electrons. The van der Waals surface area contributed by atoms with Crippen LogP contribution >= 0.6 is 24.0 Å². The lowest BCUT2D eigenvalue weighted by Crippen LogP contribution is -2.26. The van der Waals surface area contributed by atoms with E-state index < -0.39 is 0 Å². The molecule has 1 amide bonds. The Morgan fingerprint density at radius 3 is 2.93 bits per heavy atom. The fourth-order valence-electron chi connectivity index (χ4n) is 2.91. The predicted octanol–water partition coefficient (Wildman–Crippen LogP) is 2.88. The molecule has 1 fully saturated rings. The van der Waals surface area contributed by atoms with E-state index >= 15 is 0 Å². The number of carbonyl (C=O) groups excluding carboxylic acids is 1. The SMILES string of the molecule is Cc1ccc(-n2cnnc2SCC(=O)NCc2n[nH]c(=S)n2C2CC2)cc1C. The zero-order chi connectivity index (χ0) is 19.7. The van der Waals surface area contributed by atoms with Crippen molar-refractivity contribution in [2.45, 2.75) is 44.4 Å². The van der Waals surface area contributed by atoms with Gasteiger partial charge >= 0.3 is 0 Å². The maximum atomic E-state index is 12.3. The smallest absolute Gasteiger partial charge is 0.230 e. The molecule has 1 aliphatic rings. The number of benzene rings is 1. The van der Waals surface area contributed by atoms with Gasteiger partial charge in [-0.3, -0.25) is 19.0 Å². The molecule has 0 atom stereocenters. The topological polar surface area (TPSA) is 93.4 Å². The van der Waals surface area contributed by atoms with Gasteiger partial charge in [-0.05, 0) is 62.2 Å². The number of hydrogen-bond donors (Lipinski definition) is 2. The van der Waals surface area contributed by atoms with Crippen LogP contribution < -0.4 is 5.32 Å². The molecule has 4 rings (SSSR count). The van der Waals surface area contributed by atoms with E-state index in [1.54, 1.807) is 6.33 Å². The third-order valence-corrected chi connectivity index (χ3v) is 5.98. The van der Waals surface area contributed by atoms with E-state index in [1.165, 1.54) is 22.9 Å². The van der Waals surface area contributed by atoms with Gasteiger partial charge in [0, 0.05) is 11.7 Å². The third-order valence-electron chi connectivity index (χ3n) is 4.75. The van der Waals surface area contributed by atoms with Crippen LogP contribution in [0.5, 0.6) is 0 Å². The van der Waals surface area contributed by atoms with Crippen LogP contribution in [0.3, 0.4) is 0 Å². The average Bonchev–Trinajstić information content (AvgIpc) is 3.28. The van der Waals surface area contributed by atoms with E-state index in [1.807, 2.05) is 15.2 Å². The molecule has 0 aliphatic heterocycles. The summed E-state index contributed by atoms with van der Waals surface area (Å²) in [6, 6.07) is 6.60. The van der Waals surface area contributed by atoms with Crippen molar-refractivity contribution >= 4 is 29.9 Å². The molecular weight excluding hydrogens is 394 g/mol. The fraction of sp³-hybridized carbons (Fsp3) is 0.389. The number of H-pyrrole nitrogens is 1. The molecule has 0 radical (unpaired) electrons. The summed E-state index contributed by atoms with van der Waals surface area (Å²) in [4.78, 5) is 12.3. The van der Waals surface area contributed by atoms with Crippen LogP contribution in [0.25, 0.3) is 5.69 Å². The number of aromatic nitrogens is 6. The molecule has 2 aromatic heterocycles. The van der Waals surface area contributed by atoms with Gasteiger partial charge in [-0.1, -0.05) is 17.8 Å². The van der Waals surface area contributed by atoms with Gasteiger partial charge in [0.25, 0.3) is 0 Å². The quantitative estimate of drug-likeness (QED) is 0.455. The van der Waals surface area contributed by atoms with Gasteiger partial charge in [-0.15, -0.1) is 10.2 Å². The van der Waals surface area contributed by atoms with Gasteiger partial charge in [0.15, 0.2) is 15.8 Å². The van der Waals surface area contributed by atoms with Gasteiger partial charge in [0.2, 0.25) is 5.91 Å². The van der Waals surface area contributed by atoms with Crippen molar-refractivity contribution in [3.63, 3.8) is 0 Å². The summed E-state index contributed by atoms with van der Waals surface area (Å²) < 4.78 is 4.50. The zero-order valence-corrected chi connectivity index (χ0v) is 17.3. The minimum atomic E-state index is -0.0871. The molecule has 1 aromatic carbocycles. The van der Waals surface area contributed by atoms with Crippen LogP contribution in [0.4, 0.5) is 0 Å². The summed E-state index contributed by atoms with van der Waals surface area (Å²) in [5, 5.41) is 18.8. The van der Waals surface area contributed by atoms with Gasteiger partial charge in [-0.25, -0.2) is 0 Å². The second-order valence-corrected chi connectivity index (χ2v) is 8.19. The summed E-state index contributed by atoms with van der Waals surface area (Å²) in [5.41, 5.74) is 3.41. The molecule has 0 unspecified atom stereocenters. The Hall–Kier alpha value is -2.46. The molecule has 1 saturated carbocycles. The van der Waals surface area contributed by atoms with Crippen molar-refractivity contribution in [2.24, 2.45) is 0 Å². The van der Waals surface area contributed by atoms with Gasteiger partial charge < -0.3 is 5.32 Å². The molecule has 2 N–H and O–H groups in total. The summed E-state index contributed by atoms with van der Waals surface area (Å²) in [5.74, 6) is 0.929. The first-order chi connectivity index (χ1) is 13.5. The van der Waals surface area contributed by atoms with E-state index in [2.05, 4.69) is 51.7 Å². The van der Waals surface area contributed by atoms with E-state index in [4.69, 9.17) is 12.2 Å². The molecular formula is C18H21N7OS2. The summed E-state index contributed by atoms with van der Waals surface area (Å²) in [7, 11) is 0. The van der Waals surface area contributed by atoms with Gasteiger partial charge in [0.1, 0.15) is 6.33 Å². The normalized spacial score (nSPS) is 13.6. The molecule has 3 aromatic rings. The maximum Gasteiger partial charge on any atom is 0.230 e. The second-order valence-electron chi connectivity index (χ2n) is 6.86. The van der Waals surface area contributed by atoms with Crippen LogP contribution in [0.2, 0.25) is 0 Å². The number of amides is 1. The van der Waals surface area contributed by atoms with Crippen molar-refractivity contribution in [3.8, 4) is 5.69 Å². The minimum Gasteiger partial charge on any atom is -0.348 e. The zero-order valence-electron chi connectivity index (χ0n) is 15.7. The highest BCUT2D eigenvalue weighted by Gasteiger charge is 2.27. The number of nitrogens with one attached hydrogen (secondary N) is 2. The molecule has 0 saturated heterocycles. The Kier molecular flexibility index (Phi) is 5.31. The summed E-state index contributed by atoms with van der Waals surface area (Å²) in [6.07, 6.45) is 3.88. The van der Waals surface area contributed by atoms with E-state index in [0.29, 0.717) is 22.5 Å². The first-order valence-electron chi connectivity index (χ1n) is 9.06. The van der Waals surface area contributed by atoms with Crippen molar-refractivity contribution in [3.05, 3.63) is 46.2 Å². The second kappa shape index (κ2) is 7.88. The lowest BCUT2D eigenvalue weighted by Gasteiger charge is -2.09. The van der Waals surface area contributed by atoms with Crippen LogP contribution in [-0.2, 0) is 11.3 Å². The van der Waals surface area contributed by atoms with Crippen molar-refractivity contribution in [2.75, 3.05) is 5.75 Å².